The highest BCUT2D eigenvalue weighted by Gasteiger charge is 2.50. The molecule has 1 amide bonds. The van der Waals surface area contributed by atoms with Crippen LogP contribution in [0.4, 0.5) is 9.18 Å². The Hall–Kier alpha value is -2.48. The van der Waals surface area contributed by atoms with Crippen molar-refractivity contribution in [1.29, 1.82) is 0 Å². The summed E-state index contributed by atoms with van der Waals surface area (Å²) in [6.07, 6.45) is 3.64. The molecule has 2 aromatic rings. The van der Waals surface area contributed by atoms with E-state index in [0.717, 1.165) is 31.9 Å². The van der Waals surface area contributed by atoms with E-state index >= 15 is 0 Å². The Morgan fingerprint density at radius 1 is 1.35 bits per heavy atom. The predicted molar refractivity (Wildman–Crippen MR) is 91.6 cm³/mol. The van der Waals surface area contributed by atoms with Gasteiger partial charge in [0.15, 0.2) is 0 Å². The van der Waals surface area contributed by atoms with Crippen LogP contribution in [-0.4, -0.2) is 38.5 Å². The van der Waals surface area contributed by atoms with Gasteiger partial charge in [0.25, 0.3) is 5.56 Å². The molecule has 2 saturated heterocycles. The zero-order valence-electron chi connectivity index (χ0n) is 14.2. The maximum atomic E-state index is 13.6. The first-order valence-electron chi connectivity index (χ1n) is 8.71. The van der Waals surface area contributed by atoms with Crippen LogP contribution in [0, 0.1) is 5.82 Å². The number of rotatable bonds is 4. The number of carboxylic acid groups (broad SMARTS) is 1. The largest absolute Gasteiger partial charge is 0.465 e. The van der Waals surface area contributed by atoms with Crippen molar-refractivity contribution in [3.05, 3.63) is 40.6 Å². The number of nitrogens with one attached hydrogen (secondary N) is 1. The molecule has 1 saturated carbocycles. The summed E-state index contributed by atoms with van der Waals surface area (Å²) in [5.41, 5.74) is -0.000100. The summed E-state index contributed by atoms with van der Waals surface area (Å²) in [7, 11) is 0. The molecule has 0 atom stereocenters. The second-order valence-electron chi connectivity index (χ2n) is 7.31. The maximum Gasteiger partial charge on any atom is 0.405 e. The number of carbonyl (C=O) groups is 1. The van der Waals surface area contributed by atoms with E-state index in [2.05, 4.69) is 10.3 Å². The summed E-state index contributed by atoms with van der Waals surface area (Å²) in [5.74, 6) is -0.480. The molecule has 138 valence electrons. The van der Waals surface area contributed by atoms with E-state index in [1.165, 1.54) is 16.7 Å². The molecule has 0 spiro atoms. The molecule has 0 aromatic carbocycles. The normalized spacial score (nSPS) is 27.6. The molecule has 8 heteroatoms. The van der Waals surface area contributed by atoms with Gasteiger partial charge in [-0.3, -0.25) is 9.78 Å². The number of aryl methyl sites for hydroxylation is 1. The predicted octanol–water partition coefficient (Wildman–Crippen LogP) is 2.28. The quantitative estimate of drug-likeness (QED) is 0.871. The van der Waals surface area contributed by atoms with E-state index in [1.54, 1.807) is 6.07 Å². The molecule has 3 aliphatic rings. The van der Waals surface area contributed by atoms with Crippen molar-refractivity contribution in [2.45, 2.75) is 49.8 Å². The minimum atomic E-state index is -1.03. The van der Waals surface area contributed by atoms with Crippen molar-refractivity contribution < 1.29 is 19.0 Å². The molecule has 1 aliphatic carbocycles. The Morgan fingerprint density at radius 2 is 2.12 bits per heavy atom. The minimum Gasteiger partial charge on any atom is -0.465 e. The highest BCUT2D eigenvalue weighted by atomic mass is 19.1. The fourth-order valence-electron chi connectivity index (χ4n) is 4.16. The van der Waals surface area contributed by atoms with Crippen LogP contribution in [0.5, 0.6) is 0 Å². The fraction of sp³-hybridized carbons (Fsp3) is 0.500. The summed E-state index contributed by atoms with van der Waals surface area (Å²) in [4.78, 5) is 27.3. The van der Waals surface area contributed by atoms with Crippen molar-refractivity contribution in [2.75, 3.05) is 6.61 Å². The SMILES string of the molecule is O=C(O)NC12CCC(CCn3c(=O)ccc4ncc(F)cc43)(CC1)OC2. The van der Waals surface area contributed by atoms with Gasteiger partial charge >= 0.3 is 6.09 Å². The lowest BCUT2D eigenvalue weighted by atomic mass is 9.70. The van der Waals surface area contributed by atoms with Crippen molar-refractivity contribution in [3.63, 3.8) is 0 Å². The number of ether oxygens (including phenoxy) is 1. The van der Waals surface area contributed by atoms with Gasteiger partial charge in [0.2, 0.25) is 0 Å². The lowest BCUT2D eigenvalue weighted by Crippen LogP contribution is -2.62. The van der Waals surface area contributed by atoms with Crippen LogP contribution >= 0.6 is 0 Å². The van der Waals surface area contributed by atoms with Crippen molar-refractivity contribution in [3.8, 4) is 0 Å². The Labute approximate surface area is 148 Å². The van der Waals surface area contributed by atoms with Gasteiger partial charge < -0.3 is 19.7 Å². The van der Waals surface area contributed by atoms with Crippen LogP contribution in [-0.2, 0) is 11.3 Å². The summed E-state index contributed by atoms with van der Waals surface area (Å²) >= 11 is 0. The molecular formula is C18H20FN3O4. The van der Waals surface area contributed by atoms with E-state index in [0.29, 0.717) is 30.6 Å². The summed E-state index contributed by atoms with van der Waals surface area (Å²) in [5, 5.41) is 11.6. The standard InChI is InChI=1S/C18H20FN3O4/c19-12-9-14-13(20-10-12)1-2-15(23)22(14)8-7-18-5-3-17(4-6-18,11-26-18)21-16(24)25/h1-2,9-10,21H,3-8,11H2,(H,24,25). The summed E-state index contributed by atoms with van der Waals surface area (Å²) < 4.78 is 21.2. The lowest BCUT2D eigenvalue weighted by molar-refractivity contribution is -0.164. The van der Waals surface area contributed by atoms with E-state index in [-0.39, 0.29) is 11.2 Å². The number of pyridine rings is 2. The highest BCUT2D eigenvalue weighted by molar-refractivity contribution is 5.74. The average molecular weight is 361 g/mol. The van der Waals surface area contributed by atoms with Gasteiger partial charge in [-0.25, -0.2) is 9.18 Å². The molecule has 7 nitrogen and oxygen atoms in total. The second kappa shape index (κ2) is 6.05. The maximum absolute atomic E-state index is 13.6. The minimum absolute atomic E-state index is 0.199. The zero-order chi connectivity index (χ0) is 18.4. The number of fused-ring (bicyclic) bond motifs is 4. The Morgan fingerprint density at radius 3 is 2.77 bits per heavy atom. The molecular weight excluding hydrogens is 341 g/mol. The van der Waals surface area contributed by atoms with Crippen molar-refractivity contribution in [1.82, 2.24) is 14.9 Å². The number of hydrogen-bond acceptors (Lipinski definition) is 4. The molecule has 2 aromatic heterocycles. The topological polar surface area (TPSA) is 93.5 Å². The Bertz CT molecular complexity index is 902. The number of halogens is 1. The average Bonchev–Trinajstić information content (AvgIpc) is 2.62. The number of nitrogens with zero attached hydrogens (tertiary/aromatic N) is 2. The van der Waals surface area contributed by atoms with Gasteiger partial charge in [0.1, 0.15) is 5.82 Å². The molecule has 2 bridgehead atoms. The van der Waals surface area contributed by atoms with E-state index < -0.39 is 17.4 Å². The van der Waals surface area contributed by atoms with E-state index in [1.807, 2.05) is 0 Å². The molecule has 5 rings (SSSR count). The molecule has 0 unspecified atom stereocenters. The summed E-state index contributed by atoms with van der Waals surface area (Å²) in [6.45, 7) is 0.751. The third kappa shape index (κ3) is 2.94. The van der Waals surface area contributed by atoms with Crippen LogP contribution < -0.4 is 10.9 Å². The van der Waals surface area contributed by atoms with Crippen molar-refractivity contribution >= 4 is 17.1 Å². The number of hydrogen-bond donors (Lipinski definition) is 2. The molecule has 0 radical (unpaired) electrons. The zero-order valence-corrected chi connectivity index (χ0v) is 14.2. The van der Waals surface area contributed by atoms with Gasteiger partial charge in [-0.05, 0) is 38.2 Å². The first-order valence-corrected chi connectivity index (χ1v) is 8.71. The first-order chi connectivity index (χ1) is 12.4. The number of amides is 1. The monoisotopic (exact) mass is 361 g/mol. The molecule has 26 heavy (non-hydrogen) atoms. The lowest BCUT2D eigenvalue weighted by Gasteiger charge is -2.53. The molecule has 4 heterocycles. The molecule has 2 N–H and O–H groups in total. The van der Waals surface area contributed by atoms with Crippen LogP contribution in [0.2, 0.25) is 0 Å². The van der Waals surface area contributed by atoms with E-state index in [4.69, 9.17) is 9.84 Å². The van der Waals surface area contributed by atoms with Crippen LogP contribution in [0.25, 0.3) is 11.0 Å². The van der Waals surface area contributed by atoms with E-state index in [9.17, 15) is 14.0 Å². The number of aromatic nitrogens is 2. The van der Waals surface area contributed by atoms with Gasteiger partial charge in [-0.1, -0.05) is 0 Å². The van der Waals surface area contributed by atoms with Gasteiger partial charge in [0, 0.05) is 18.7 Å². The fourth-order valence-corrected chi connectivity index (χ4v) is 4.16. The third-order valence-corrected chi connectivity index (χ3v) is 5.74. The van der Waals surface area contributed by atoms with Crippen LogP contribution in [0.1, 0.15) is 32.1 Å². The van der Waals surface area contributed by atoms with Gasteiger partial charge in [0.05, 0.1) is 35.0 Å². The Kier molecular flexibility index (Phi) is 3.95. The smallest absolute Gasteiger partial charge is 0.405 e. The molecule has 2 aliphatic heterocycles. The first kappa shape index (κ1) is 17.0. The van der Waals surface area contributed by atoms with Gasteiger partial charge in [-0.15, -0.1) is 0 Å². The van der Waals surface area contributed by atoms with Gasteiger partial charge in [-0.2, -0.15) is 0 Å². The highest BCUT2D eigenvalue weighted by Crippen LogP contribution is 2.45. The molecule has 3 fully saturated rings. The third-order valence-electron chi connectivity index (χ3n) is 5.74. The van der Waals surface area contributed by atoms with Crippen LogP contribution in [0.3, 0.4) is 0 Å². The second-order valence-corrected chi connectivity index (χ2v) is 7.31. The Balaban J connectivity index is 1.53. The van der Waals surface area contributed by atoms with Crippen LogP contribution in [0.15, 0.2) is 29.2 Å². The summed E-state index contributed by atoms with van der Waals surface area (Å²) in [6, 6.07) is 4.36. The van der Waals surface area contributed by atoms with Crippen molar-refractivity contribution in [2.24, 2.45) is 0 Å².